The number of amides is 1. The number of carbonyl (C=O) groups excluding carboxylic acids is 1. The summed E-state index contributed by atoms with van der Waals surface area (Å²) in [6.45, 7) is 4.34. The highest BCUT2D eigenvalue weighted by Gasteiger charge is 2.26. The predicted octanol–water partition coefficient (Wildman–Crippen LogP) is 2.91. The number of nitrogens with zero attached hydrogens (tertiary/aromatic N) is 5. The van der Waals surface area contributed by atoms with Gasteiger partial charge in [0.2, 0.25) is 0 Å². The first kappa shape index (κ1) is 16.6. The van der Waals surface area contributed by atoms with Gasteiger partial charge in [0.1, 0.15) is 5.82 Å². The molecule has 0 N–H and O–H groups in total. The first-order valence-corrected chi connectivity index (χ1v) is 9.04. The zero-order valence-corrected chi connectivity index (χ0v) is 15.0. The number of imidazole rings is 2. The van der Waals surface area contributed by atoms with Crippen LogP contribution in [0.2, 0.25) is 0 Å². The molecule has 3 heterocycles. The van der Waals surface area contributed by atoms with Gasteiger partial charge in [-0.1, -0.05) is 12.1 Å². The molecule has 1 aromatic carbocycles. The molecule has 1 saturated heterocycles. The van der Waals surface area contributed by atoms with Gasteiger partial charge in [0.15, 0.2) is 0 Å². The van der Waals surface area contributed by atoms with Crippen LogP contribution in [0.4, 0.5) is 0 Å². The SMILES string of the molecule is Cc1nccn1C1CCCN(C(=O)c2ccc(Cn3ccnc3)cc2)C1. The summed E-state index contributed by atoms with van der Waals surface area (Å²) in [5, 5.41) is 0. The number of rotatable bonds is 4. The Hall–Kier alpha value is -2.89. The molecular weight excluding hydrogens is 326 g/mol. The molecular formula is C20H23N5O. The van der Waals surface area contributed by atoms with E-state index in [0.29, 0.717) is 6.04 Å². The summed E-state index contributed by atoms with van der Waals surface area (Å²) in [6.07, 6.45) is 11.5. The zero-order valence-electron chi connectivity index (χ0n) is 15.0. The van der Waals surface area contributed by atoms with Gasteiger partial charge in [-0.25, -0.2) is 9.97 Å². The highest BCUT2D eigenvalue weighted by atomic mass is 16.2. The quantitative estimate of drug-likeness (QED) is 0.728. The minimum absolute atomic E-state index is 0.113. The van der Waals surface area contributed by atoms with Crippen LogP contribution in [-0.4, -0.2) is 43.0 Å². The van der Waals surface area contributed by atoms with Crippen molar-refractivity contribution in [2.75, 3.05) is 13.1 Å². The van der Waals surface area contributed by atoms with E-state index in [0.717, 1.165) is 49.4 Å². The Morgan fingerprint density at radius 1 is 1.19 bits per heavy atom. The van der Waals surface area contributed by atoms with E-state index in [2.05, 4.69) is 14.5 Å². The molecule has 1 fully saturated rings. The van der Waals surface area contributed by atoms with Crippen molar-refractivity contribution in [3.05, 3.63) is 72.3 Å². The van der Waals surface area contributed by atoms with E-state index in [1.165, 1.54) is 0 Å². The molecule has 1 aliphatic heterocycles. The average Bonchev–Trinajstić information content (AvgIpc) is 3.33. The molecule has 1 aliphatic rings. The largest absolute Gasteiger partial charge is 0.337 e. The monoisotopic (exact) mass is 349 g/mol. The Labute approximate surface area is 153 Å². The molecule has 0 spiro atoms. The lowest BCUT2D eigenvalue weighted by Crippen LogP contribution is -2.40. The fraction of sp³-hybridized carbons (Fsp3) is 0.350. The van der Waals surface area contributed by atoms with Gasteiger partial charge < -0.3 is 14.0 Å². The van der Waals surface area contributed by atoms with Gasteiger partial charge in [-0.05, 0) is 37.5 Å². The fourth-order valence-electron chi connectivity index (χ4n) is 3.67. The highest BCUT2D eigenvalue weighted by Crippen LogP contribution is 2.24. The summed E-state index contributed by atoms with van der Waals surface area (Å²) >= 11 is 0. The smallest absolute Gasteiger partial charge is 0.253 e. The van der Waals surface area contributed by atoms with Crippen LogP contribution in [0.3, 0.4) is 0 Å². The average molecular weight is 349 g/mol. The highest BCUT2D eigenvalue weighted by molar-refractivity contribution is 5.94. The zero-order chi connectivity index (χ0) is 17.9. The van der Waals surface area contributed by atoms with Crippen LogP contribution >= 0.6 is 0 Å². The van der Waals surface area contributed by atoms with E-state index < -0.39 is 0 Å². The molecule has 4 rings (SSSR count). The summed E-state index contributed by atoms with van der Waals surface area (Å²) in [5.74, 6) is 1.12. The van der Waals surface area contributed by atoms with Gasteiger partial charge in [-0.15, -0.1) is 0 Å². The van der Waals surface area contributed by atoms with Crippen LogP contribution in [0.25, 0.3) is 0 Å². The van der Waals surface area contributed by atoms with Gasteiger partial charge in [-0.3, -0.25) is 4.79 Å². The van der Waals surface area contributed by atoms with Crippen molar-refractivity contribution in [3.8, 4) is 0 Å². The maximum atomic E-state index is 12.9. The summed E-state index contributed by atoms with van der Waals surface area (Å²) in [4.78, 5) is 23.3. The second-order valence-corrected chi connectivity index (χ2v) is 6.86. The third-order valence-electron chi connectivity index (χ3n) is 5.06. The molecule has 1 atom stereocenters. The molecule has 0 aliphatic carbocycles. The Morgan fingerprint density at radius 2 is 2.04 bits per heavy atom. The van der Waals surface area contributed by atoms with Gasteiger partial charge in [0.05, 0.1) is 12.4 Å². The number of aryl methyl sites for hydroxylation is 1. The second-order valence-electron chi connectivity index (χ2n) is 6.86. The minimum atomic E-state index is 0.113. The molecule has 26 heavy (non-hydrogen) atoms. The normalized spacial score (nSPS) is 17.4. The maximum absolute atomic E-state index is 12.9. The molecule has 0 saturated carbocycles. The third-order valence-corrected chi connectivity index (χ3v) is 5.06. The number of hydrogen-bond donors (Lipinski definition) is 0. The van der Waals surface area contributed by atoms with Crippen molar-refractivity contribution in [3.63, 3.8) is 0 Å². The van der Waals surface area contributed by atoms with E-state index in [1.807, 2.05) is 59.2 Å². The number of aromatic nitrogens is 4. The van der Waals surface area contributed by atoms with Crippen molar-refractivity contribution in [1.82, 2.24) is 24.0 Å². The van der Waals surface area contributed by atoms with E-state index >= 15 is 0 Å². The molecule has 1 unspecified atom stereocenters. The third kappa shape index (κ3) is 3.40. The van der Waals surface area contributed by atoms with Crippen LogP contribution < -0.4 is 0 Å². The Morgan fingerprint density at radius 3 is 2.73 bits per heavy atom. The molecule has 1 amide bonds. The van der Waals surface area contributed by atoms with Gasteiger partial charge in [-0.2, -0.15) is 0 Å². The lowest BCUT2D eigenvalue weighted by Gasteiger charge is -2.34. The van der Waals surface area contributed by atoms with Crippen molar-refractivity contribution >= 4 is 5.91 Å². The summed E-state index contributed by atoms with van der Waals surface area (Å²) < 4.78 is 4.20. The molecule has 2 aromatic heterocycles. The van der Waals surface area contributed by atoms with E-state index in [1.54, 1.807) is 12.5 Å². The van der Waals surface area contributed by atoms with Crippen molar-refractivity contribution in [2.24, 2.45) is 0 Å². The second kappa shape index (κ2) is 7.15. The number of hydrogen-bond acceptors (Lipinski definition) is 3. The standard InChI is InChI=1S/C20H23N5O/c1-16-22-9-12-25(16)19-3-2-10-24(14-19)20(26)18-6-4-17(5-7-18)13-23-11-8-21-15-23/h4-9,11-12,15,19H,2-3,10,13-14H2,1H3. The van der Waals surface area contributed by atoms with Crippen LogP contribution in [0.15, 0.2) is 55.4 Å². The molecule has 0 radical (unpaired) electrons. The van der Waals surface area contributed by atoms with Gasteiger partial charge in [0.25, 0.3) is 5.91 Å². The van der Waals surface area contributed by atoms with Crippen LogP contribution in [-0.2, 0) is 6.54 Å². The Bertz CT molecular complexity index is 866. The predicted molar refractivity (Wildman–Crippen MR) is 98.9 cm³/mol. The molecule has 6 heteroatoms. The summed E-state index contributed by atoms with van der Waals surface area (Å²) in [5.41, 5.74) is 1.91. The lowest BCUT2D eigenvalue weighted by atomic mass is 10.0. The van der Waals surface area contributed by atoms with Crippen LogP contribution in [0.1, 0.15) is 40.6 Å². The molecule has 3 aromatic rings. The number of benzene rings is 1. The Kier molecular flexibility index (Phi) is 4.56. The fourth-order valence-corrected chi connectivity index (χ4v) is 3.67. The van der Waals surface area contributed by atoms with Crippen molar-refractivity contribution in [1.29, 1.82) is 0 Å². The van der Waals surface area contributed by atoms with Crippen LogP contribution in [0, 0.1) is 6.92 Å². The summed E-state index contributed by atoms with van der Waals surface area (Å²) in [7, 11) is 0. The van der Waals surface area contributed by atoms with Crippen LogP contribution in [0.5, 0.6) is 0 Å². The van der Waals surface area contributed by atoms with Gasteiger partial charge in [0, 0.05) is 50.0 Å². The van der Waals surface area contributed by atoms with E-state index in [-0.39, 0.29) is 5.91 Å². The number of piperidine rings is 1. The number of carbonyl (C=O) groups is 1. The van der Waals surface area contributed by atoms with Crippen molar-refractivity contribution < 1.29 is 4.79 Å². The number of likely N-dealkylation sites (tertiary alicyclic amines) is 1. The lowest BCUT2D eigenvalue weighted by molar-refractivity contribution is 0.0678. The molecule has 6 nitrogen and oxygen atoms in total. The summed E-state index contributed by atoms with van der Waals surface area (Å²) in [6, 6.07) is 8.22. The molecule has 0 bridgehead atoms. The molecule has 134 valence electrons. The first-order valence-electron chi connectivity index (χ1n) is 9.04. The van der Waals surface area contributed by atoms with Gasteiger partial charge >= 0.3 is 0 Å². The maximum Gasteiger partial charge on any atom is 0.253 e. The van der Waals surface area contributed by atoms with Crippen molar-refractivity contribution in [2.45, 2.75) is 32.4 Å². The topological polar surface area (TPSA) is 56.0 Å². The minimum Gasteiger partial charge on any atom is -0.337 e. The van der Waals surface area contributed by atoms with E-state index in [4.69, 9.17) is 0 Å². The first-order chi connectivity index (χ1) is 12.7. The Balaban J connectivity index is 1.44. The van der Waals surface area contributed by atoms with E-state index in [9.17, 15) is 4.79 Å².